The van der Waals surface area contributed by atoms with E-state index in [4.69, 9.17) is 16.3 Å². The van der Waals surface area contributed by atoms with Gasteiger partial charge in [0, 0.05) is 16.0 Å². The van der Waals surface area contributed by atoms with E-state index in [2.05, 4.69) is 4.98 Å². The fraction of sp³-hybridized carbons (Fsp3) is 0.0588. The molecule has 0 radical (unpaired) electrons. The van der Waals surface area contributed by atoms with Crippen LogP contribution in [0.4, 0.5) is 0 Å². The number of pyridine rings is 1. The number of ether oxygens (including phenoxy) is 1. The van der Waals surface area contributed by atoms with E-state index in [-0.39, 0.29) is 5.97 Å². The average Bonchev–Trinajstić information content (AvgIpc) is 2.53. The average molecular weight is 298 g/mol. The summed E-state index contributed by atoms with van der Waals surface area (Å²) < 4.78 is 4.72. The summed E-state index contributed by atoms with van der Waals surface area (Å²) >= 11 is 6.19. The van der Waals surface area contributed by atoms with E-state index >= 15 is 0 Å². The monoisotopic (exact) mass is 297 g/mol. The highest BCUT2D eigenvalue weighted by atomic mass is 35.5. The Kier molecular flexibility index (Phi) is 3.59. The van der Waals surface area contributed by atoms with Crippen LogP contribution in [0.25, 0.3) is 22.2 Å². The van der Waals surface area contributed by atoms with Crippen molar-refractivity contribution in [2.75, 3.05) is 7.11 Å². The first-order valence-corrected chi connectivity index (χ1v) is 6.81. The number of halogens is 1. The normalized spacial score (nSPS) is 10.6. The first kappa shape index (κ1) is 13.6. The van der Waals surface area contributed by atoms with Gasteiger partial charge in [-0.2, -0.15) is 0 Å². The largest absolute Gasteiger partial charge is 0.465 e. The molecule has 21 heavy (non-hydrogen) atoms. The molecular weight excluding hydrogens is 286 g/mol. The van der Waals surface area contributed by atoms with Crippen molar-refractivity contribution in [2.45, 2.75) is 0 Å². The van der Waals surface area contributed by atoms with Crippen LogP contribution in [0.3, 0.4) is 0 Å². The molecule has 4 heteroatoms. The van der Waals surface area contributed by atoms with Gasteiger partial charge in [0.05, 0.1) is 23.9 Å². The number of esters is 1. The Morgan fingerprint density at radius 3 is 2.67 bits per heavy atom. The lowest BCUT2D eigenvalue weighted by Gasteiger charge is -2.06. The second-order valence-electron chi connectivity index (χ2n) is 4.58. The van der Waals surface area contributed by atoms with Crippen molar-refractivity contribution in [1.29, 1.82) is 0 Å². The Hall–Kier alpha value is -2.39. The molecule has 0 atom stereocenters. The second-order valence-corrected chi connectivity index (χ2v) is 4.98. The van der Waals surface area contributed by atoms with E-state index < -0.39 is 0 Å². The molecule has 0 saturated carbocycles. The zero-order valence-electron chi connectivity index (χ0n) is 11.3. The molecule has 3 aromatic rings. The number of rotatable bonds is 2. The molecule has 0 amide bonds. The number of nitrogens with zero attached hydrogens (tertiary/aromatic N) is 1. The van der Waals surface area contributed by atoms with Crippen molar-refractivity contribution in [3.05, 3.63) is 65.2 Å². The van der Waals surface area contributed by atoms with Gasteiger partial charge in [-0.3, -0.25) is 0 Å². The van der Waals surface area contributed by atoms with E-state index in [1.165, 1.54) is 7.11 Å². The minimum atomic E-state index is -0.355. The molecule has 0 spiro atoms. The van der Waals surface area contributed by atoms with Gasteiger partial charge in [-0.1, -0.05) is 35.9 Å². The van der Waals surface area contributed by atoms with Crippen molar-refractivity contribution in [2.24, 2.45) is 0 Å². The number of methoxy groups -OCH3 is 1. The molecule has 0 unspecified atom stereocenters. The zero-order valence-corrected chi connectivity index (χ0v) is 12.1. The van der Waals surface area contributed by atoms with Crippen LogP contribution in [0.5, 0.6) is 0 Å². The molecule has 0 saturated heterocycles. The highest BCUT2D eigenvalue weighted by molar-refractivity contribution is 6.33. The lowest BCUT2D eigenvalue weighted by Crippen LogP contribution is -2.00. The molecule has 0 aliphatic rings. The topological polar surface area (TPSA) is 39.2 Å². The van der Waals surface area contributed by atoms with E-state index in [1.54, 1.807) is 12.1 Å². The van der Waals surface area contributed by atoms with Crippen LogP contribution in [-0.4, -0.2) is 18.1 Å². The van der Waals surface area contributed by atoms with E-state index in [0.717, 1.165) is 22.2 Å². The van der Waals surface area contributed by atoms with Crippen LogP contribution in [-0.2, 0) is 4.74 Å². The smallest absolute Gasteiger partial charge is 0.337 e. The number of carbonyl (C=O) groups excluding carboxylic acids is 1. The van der Waals surface area contributed by atoms with E-state index in [9.17, 15) is 4.79 Å². The summed E-state index contributed by atoms with van der Waals surface area (Å²) in [6, 6.07) is 16.7. The Balaban J connectivity index is 2.10. The Morgan fingerprint density at radius 2 is 1.90 bits per heavy atom. The van der Waals surface area contributed by atoms with E-state index in [1.807, 2.05) is 42.5 Å². The molecule has 104 valence electrons. The number of hydrogen-bond donors (Lipinski definition) is 0. The summed E-state index contributed by atoms with van der Waals surface area (Å²) in [5.41, 5.74) is 3.01. The van der Waals surface area contributed by atoms with Gasteiger partial charge in [-0.05, 0) is 30.3 Å². The van der Waals surface area contributed by atoms with Crippen LogP contribution in [0.1, 0.15) is 10.4 Å². The minimum Gasteiger partial charge on any atom is -0.465 e. The van der Waals surface area contributed by atoms with Crippen molar-refractivity contribution in [3.63, 3.8) is 0 Å². The van der Waals surface area contributed by atoms with Crippen molar-refractivity contribution < 1.29 is 9.53 Å². The van der Waals surface area contributed by atoms with Crippen LogP contribution < -0.4 is 0 Å². The van der Waals surface area contributed by atoms with Gasteiger partial charge in [0.1, 0.15) is 0 Å². The number of fused-ring (bicyclic) bond motifs is 1. The zero-order chi connectivity index (χ0) is 14.8. The molecule has 3 nitrogen and oxygen atoms in total. The summed E-state index contributed by atoms with van der Waals surface area (Å²) in [6.45, 7) is 0. The van der Waals surface area contributed by atoms with Crippen molar-refractivity contribution >= 4 is 28.5 Å². The third-order valence-corrected chi connectivity index (χ3v) is 3.59. The molecule has 0 aliphatic carbocycles. The van der Waals surface area contributed by atoms with Gasteiger partial charge in [0.25, 0.3) is 0 Å². The van der Waals surface area contributed by atoms with Gasteiger partial charge in [-0.15, -0.1) is 0 Å². The fourth-order valence-electron chi connectivity index (χ4n) is 2.19. The highest BCUT2D eigenvalue weighted by Gasteiger charge is 2.08. The molecule has 1 heterocycles. The number of benzene rings is 2. The quantitative estimate of drug-likeness (QED) is 0.660. The highest BCUT2D eigenvalue weighted by Crippen LogP contribution is 2.27. The maximum Gasteiger partial charge on any atom is 0.337 e. The number of carbonyl (C=O) groups is 1. The van der Waals surface area contributed by atoms with Gasteiger partial charge in [0.15, 0.2) is 0 Å². The third-order valence-electron chi connectivity index (χ3n) is 3.26. The Labute approximate surface area is 127 Å². The van der Waals surface area contributed by atoms with E-state index in [0.29, 0.717) is 10.6 Å². The number of aromatic nitrogens is 1. The van der Waals surface area contributed by atoms with Gasteiger partial charge < -0.3 is 4.74 Å². The lowest BCUT2D eigenvalue weighted by atomic mass is 10.1. The molecule has 0 N–H and O–H groups in total. The first-order chi connectivity index (χ1) is 10.2. The van der Waals surface area contributed by atoms with Gasteiger partial charge >= 0.3 is 5.97 Å². The van der Waals surface area contributed by atoms with Crippen LogP contribution in [0.2, 0.25) is 5.02 Å². The Morgan fingerprint density at radius 1 is 1.10 bits per heavy atom. The minimum absolute atomic E-state index is 0.355. The van der Waals surface area contributed by atoms with Crippen LogP contribution >= 0.6 is 11.6 Å². The maximum absolute atomic E-state index is 11.5. The first-order valence-electron chi connectivity index (χ1n) is 6.43. The maximum atomic E-state index is 11.5. The summed E-state index contributed by atoms with van der Waals surface area (Å²) in [5, 5.41) is 1.55. The molecule has 0 aliphatic heterocycles. The van der Waals surface area contributed by atoms with Crippen LogP contribution in [0.15, 0.2) is 54.6 Å². The molecule has 1 aromatic heterocycles. The van der Waals surface area contributed by atoms with Crippen LogP contribution in [0, 0.1) is 0 Å². The number of hydrogen-bond acceptors (Lipinski definition) is 3. The summed E-state index contributed by atoms with van der Waals surface area (Å²) in [6.07, 6.45) is 0. The second kappa shape index (κ2) is 5.54. The molecule has 3 rings (SSSR count). The standard InChI is InChI=1S/C17H12ClNO2/c1-21-17(20)12-7-8-15-11(10-12)6-9-16(19-15)13-4-2-3-5-14(13)18/h2-10H,1H3. The Bertz CT molecular complexity index is 830. The molecular formula is C17H12ClNO2. The predicted octanol–water partition coefficient (Wildman–Crippen LogP) is 4.34. The summed E-state index contributed by atoms with van der Waals surface area (Å²) in [7, 11) is 1.37. The SMILES string of the molecule is COC(=O)c1ccc2nc(-c3ccccc3Cl)ccc2c1. The van der Waals surface area contributed by atoms with Crippen molar-refractivity contribution in [3.8, 4) is 11.3 Å². The molecule has 0 fully saturated rings. The molecule has 2 aromatic carbocycles. The lowest BCUT2D eigenvalue weighted by molar-refractivity contribution is 0.0601. The summed E-state index contributed by atoms with van der Waals surface area (Å²) in [5.74, 6) is -0.355. The van der Waals surface area contributed by atoms with Gasteiger partial charge in [-0.25, -0.2) is 9.78 Å². The van der Waals surface area contributed by atoms with Gasteiger partial charge in [0.2, 0.25) is 0 Å². The summed E-state index contributed by atoms with van der Waals surface area (Å²) in [4.78, 5) is 16.1. The molecule has 0 bridgehead atoms. The predicted molar refractivity (Wildman–Crippen MR) is 83.5 cm³/mol. The fourth-order valence-corrected chi connectivity index (χ4v) is 2.42. The third kappa shape index (κ3) is 2.60. The van der Waals surface area contributed by atoms with Crippen molar-refractivity contribution in [1.82, 2.24) is 4.98 Å².